The number of imide groups is 2. The Bertz CT molecular complexity index is 870. The third-order valence-corrected chi connectivity index (χ3v) is 5.74. The van der Waals surface area contributed by atoms with Crippen molar-refractivity contribution in [2.24, 2.45) is 0 Å². The summed E-state index contributed by atoms with van der Waals surface area (Å²) in [4.78, 5) is 50.1. The minimum atomic E-state index is -0.944. The first-order chi connectivity index (χ1) is 14.0. The molecule has 1 unspecified atom stereocenters. The Morgan fingerprint density at radius 3 is 2.69 bits per heavy atom. The summed E-state index contributed by atoms with van der Waals surface area (Å²) in [6.45, 7) is 2.22. The highest BCUT2D eigenvalue weighted by molar-refractivity contribution is 6.23. The fraction of sp³-hybridized carbons (Fsp3) is 0.500. The topological polar surface area (TPSA) is 117 Å². The van der Waals surface area contributed by atoms with Gasteiger partial charge in [-0.05, 0) is 30.5 Å². The van der Waals surface area contributed by atoms with E-state index in [0.717, 1.165) is 30.0 Å². The number of rotatable bonds is 5. The molecule has 4 rings (SSSR count). The molecule has 2 fully saturated rings. The quantitative estimate of drug-likeness (QED) is 0.574. The van der Waals surface area contributed by atoms with Gasteiger partial charge in [0.15, 0.2) is 0 Å². The predicted octanol–water partition coefficient (Wildman–Crippen LogP) is -0.446. The molecule has 3 heterocycles. The standard InChI is InChI=1S/C20H24N4O5/c1-29-13-7-12(9-21-10-13)22-8-11-2-3-14-15(6-11)20(28)24(19(14)27)16-4-5-17(25)23-18(16)26/h2-3,6,12-13,16,21-22H,4-5,7-10H2,1H3,(H,23,25,26)/t12-,13+,16?/m1/s1. The van der Waals surface area contributed by atoms with Crippen molar-refractivity contribution in [1.29, 1.82) is 0 Å². The van der Waals surface area contributed by atoms with E-state index in [1.165, 1.54) is 0 Å². The van der Waals surface area contributed by atoms with Crippen LogP contribution in [0.4, 0.5) is 0 Å². The van der Waals surface area contributed by atoms with E-state index < -0.39 is 23.8 Å². The van der Waals surface area contributed by atoms with Gasteiger partial charge in [0.2, 0.25) is 11.8 Å². The second-order valence-electron chi connectivity index (χ2n) is 7.66. The number of hydrogen-bond donors (Lipinski definition) is 3. The van der Waals surface area contributed by atoms with Crippen LogP contribution < -0.4 is 16.0 Å². The van der Waals surface area contributed by atoms with E-state index in [1.807, 2.05) is 6.07 Å². The largest absolute Gasteiger partial charge is 0.380 e. The molecule has 29 heavy (non-hydrogen) atoms. The molecule has 3 atom stereocenters. The molecule has 3 aliphatic heterocycles. The van der Waals surface area contributed by atoms with Crippen molar-refractivity contribution in [3.8, 4) is 0 Å². The highest BCUT2D eigenvalue weighted by Gasteiger charge is 2.44. The molecule has 1 aromatic rings. The fourth-order valence-electron chi connectivity index (χ4n) is 4.13. The maximum Gasteiger partial charge on any atom is 0.262 e. The highest BCUT2D eigenvalue weighted by Crippen LogP contribution is 2.28. The van der Waals surface area contributed by atoms with Gasteiger partial charge >= 0.3 is 0 Å². The summed E-state index contributed by atoms with van der Waals surface area (Å²) in [5.41, 5.74) is 1.48. The minimum absolute atomic E-state index is 0.108. The molecule has 9 nitrogen and oxygen atoms in total. The number of amides is 4. The van der Waals surface area contributed by atoms with Gasteiger partial charge in [0.25, 0.3) is 11.8 Å². The van der Waals surface area contributed by atoms with E-state index in [4.69, 9.17) is 4.74 Å². The molecular weight excluding hydrogens is 376 g/mol. The van der Waals surface area contributed by atoms with Crippen LogP contribution in [0.2, 0.25) is 0 Å². The van der Waals surface area contributed by atoms with Crippen molar-refractivity contribution in [3.63, 3.8) is 0 Å². The van der Waals surface area contributed by atoms with Gasteiger partial charge in [0.05, 0.1) is 17.2 Å². The zero-order valence-corrected chi connectivity index (χ0v) is 16.2. The second kappa shape index (κ2) is 8.02. The van der Waals surface area contributed by atoms with E-state index in [2.05, 4.69) is 16.0 Å². The van der Waals surface area contributed by atoms with Crippen LogP contribution in [-0.2, 0) is 20.9 Å². The number of carbonyl (C=O) groups is 4. The molecule has 0 spiro atoms. The molecule has 4 amide bonds. The normalized spacial score (nSPS) is 27.2. The van der Waals surface area contributed by atoms with Crippen molar-refractivity contribution in [2.45, 2.75) is 44.0 Å². The zero-order valence-electron chi connectivity index (χ0n) is 16.2. The Hall–Kier alpha value is -2.62. The molecule has 0 aliphatic carbocycles. The number of fused-ring (bicyclic) bond motifs is 1. The minimum Gasteiger partial charge on any atom is -0.380 e. The zero-order chi connectivity index (χ0) is 20.5. The number of nitrogens with zero attached hydrogens (tertiary/aromatic N) is 1. The van der Waals surface area contributed by atoms with E-state index in [1.54, 1.807) is 19.2 Å². The Kier molecular flexibility index (Phi) is 5.44. The first-order valence-corrected chi connectivity index (χ1v) is 9.79. The molecule has 1 aromatic carbocycles. The summed E-state index contributed by atoms with van der Waals surface area (Å²) < 4.78 is 5.40. The molecule has 3 N–H and O–H groups in total. The van der Waals surface area contributed by atoms with Crippen molar-refractivity contribution in [1.82, 2.24) is 20.9 Å². The average molecular weight is 400 g/mol. The number of hydrogen-bond acceptors (Lipinski definition) is 7. The van der Waals surface area contributed by atoms with Gasteiger partial charge in [0.1, 0.15) is 6.04 Å². The summed E-state index contributed by atoms with van der Waals surface area (Å²) in [5.74, 6) is -1.96. The number of methoxy groups -OCH3 is 1. The van der Waals surface area contributed by atoms with Gasteiger partial charge in [-0.3, -0.25) is 29.4 Å². The lowest BCUT2D eigenvalue weighted by molar-refractivity contribution is -0.136. The third-order valence-electron chi connectivity index (χ3n) is 5.74. The summed E-state index contributed by atoms with van der Waals surface area (Å²) in [6, 6.07) is 4.46. The SMILES string of the molecule is CO[C@@H]1CNC[C@H](NCc2ccc3c(c2)C(=O)N(C2CCC(=O)NC2=O)C3=O)C1. The van der Waals surface area contributed by atoms with Gasteiger partial charge in [-0.15, -0.1) is 0 Å². The summed E-state index contributed by atoms with van der Waals surface area (Å²) >= 11 is 0. The molecule has 0 bridgehead atoms. The van der Waals surface area contributed by atoms with Crippen LogP contribution in [0.3, 0.4) is 0 Å². The number of carbonyl (C=O) groups excluding carboxylic acids is 4. The Morgan fingerprint density at radius 2 is 1.93 bits per heavy atom. The summed E-state index contributed by atoms with van der Waals surface area (Å²) in [5, 5.41) is 8.97. The first-order valence-electron chi connectivity index (χ1n) is 9.79. The number of ether oxygens (including phenoxy) is 1. The lowest BCUT2D eigenvalue weighted by atomic mass is 10.0. The summed E-state index contributed by atoms with van der Waals surface area (Å²) in [6.07, 6.45) is 1.33. The maximum absolute atomic E-state index is 12.9. The van der Waals surface area contributed by atoms with E-state index >= 15 is 0 Å². The van der Waals surface area contributed by atoms with E-state index in [0.29, 0.717) is 17.7 Å². The smallest absolute Gasteiger partial charge is 0.262 e. The Morgan fingerprint density at radius 1 is 1.14 bits per heavy atom. The molecule has 154 valence electrons. The van der Waals surface area contributed by atoms with Crippen LogP contribution in [0.15, 0.2) is 18.2 Å². The van der Waals surface area contributed by atoms with Gasteiger partial charge in [-0.2, -0.15) is 0 Å². The lowest BCUT2D eigenvalue weighted by Crippen LogP contribution is -2.54. The fourth-order valence-corrected chi connectivity index (χ4v) is 4.13. The number of nitrogens with one attached hydrogen (secondary N) is 3. The average Bonchev–Trinajstić information content (AvgIpc) is 2.97. The molecule has 3 aliphatic rings. The Labute approximate surface area is 168 Å². The van der Waals surface area contributed by atoms with Crippen LogP contribution in [0.25, 0.3) is 0 Å². The molecule has 2 saturated heterocycles. The Balaban J connectivity index is 1.46. The molecule has 0 aromatic heterocycles. The highest BCUT2D eigenvalue weighted by atomic mass is 16.5. The third kappa shape index (κ3) is 3.81. The van der Waals surface area contributed by atoms with Gasteiger partial charge < -0.3 is 15.4 Å². The maximum atomic E-state index is 12.9. The van der Waals surface area contributed by atoms with Crippen molar-refractivity contribution in [2.75, 3.05) is 20.2 Å². The number of benzene rings is 1. The van der Waals surface area contributed by atoms with Crippen LogP contribution in [0, 0.1) is 0 Å². The van der Waals surface area contributed by atoms with Crippen molar-refractivity contribution < 1.29 is 23.9 Å². The van der Waals surface area contributed by atoms with Gasteiger partial charge in [-0.25, -0.2) is 0 Å². The van der Waals surface area contributed by atoms with E-state index in [9.17, 15) is 19.2 Å². The summed E-state index contributed by atoms with van der Waals surface area (Å²) in [7, 11) is 1.70. The molecule has 0 radical (unpaired) electrons. The lowest BCUT2D eigenvalue weighted by Gasteiger charge is -2.29. The van der Waals surface area contributed by atoms with Gasteiger partial charge in [-0.1, -0.05) is 6.07 Å². The van der Waals surface area contributed by atoms with Crippen LogP contribution in [-0.4, -0.2) is 66.9 Å². The monoisotopic (exact) mass is 400 g/mol. The number of piperidine rings is 2. The molecule has 0 saturated carbocycles. The van der Waals surface area contributed by atoms with Crippen molar-refractivity contribution in [3.05, 3.63) is 34.9 Å². The molecule has 9 heteroatoms. The molecular formula is C20H24N4O5. The van der Waals surface area contributed by atoms with E-state index in [-0.39, 0.29) is 30.9 Å². The first kappa shape index (κ1) is 19.7. The van der Waals surface area contributed by atoms with Crippen LogP contribution >= 0.6 is 0 Å². The predicted molar refractivity (Wildman–Crippen MR) is 102 cm³/mol. The van der Waals surface area contributed by atoms with Crippen molar-refractivity contribution >= 4 is 23.6 Å². The second-order valence-corrected chi connectivity index (χ2v) is 7.66. The van der Waals surface area contributed by atoms with Crippen LogP contribution in [0.1, 0.15) is 45.5 Å². The van der Waals surface area contributed by atoms with Gasteiger partial charge in [0, 0.05) is 39.2 Å². The van der Waals surface area contributed by atoms with Crippen LogP contribution in [0.5, 0.6) is 0 Å².